The molecule has 0 radical (unpaired) electrons. The molecule has 74 valence electrons. The molecular formula is C7H13BrF2O2. The Morgan fingerprint density at radius 1 is 1.50 bits per heavy atom. The number of aliphatic hydroxyl groups excluding tert-OH is 1. The first kappa shape index (κ1) is 12.3. The molecule has 0 fully saturated rings. The highest BCUT2D eigenvalue weighted by atomic mass is 79.9. The third kappa shape index (κ3) is 4.33. The Hall–Kier alpha value is 0.260. The number of hydrogen-bond acceptors (Lipinski definition) is 2. The normalized spacial score (nSPS) is 16.2. The Balaban J connectivity index is 4.09. The van der Waals surface area contributed by atoms with Gasteiger partial charge in [-0.05, 0) is 29.8 Å². The molecule has 0 heterocycles. The van der Waals surface area contributed by atoms with Crippen LogP contribution in [0.3, 0.4) is 0 Å². The van der Waals surface area contributed by atoms with Crippen LogP contribution in [-0.4, -0.2) is 28.8 Å². The van der Waals surface area contributed by atoms with Crippen molar-refractivity contribution in [2.75, 3.05) is 7.11 Å². The van der Waals surface area contributed by atoms with Crippen LogP contribution < -0.4 is 0 Å². The van der Waals surface area contributed by atoms with E-state index in [-0.39, 0.29) is 6.42 Å². The zero-order chi connectivity index (χ0) is 9.99. The SMILES string of the molecule is COC(C)(C)CC(O)C(F)(F)Br. The summed E-state index contributed by atoms with van der Waals surface area (Å²) >= 11 is 2.09. The largest absolute Gasteiger partial charge is 0.386 e. The van der Waals surface area contributed by atoms with Gasteiger partial charge in [0.1, 0.15) is 6.10 Å². The van der Waals surface area contributed by atoms with Crippen LogP contribution in [0.4, 0.5) is 8.78 Å². The second kappa shape index (κ2) is 3.98. The molecule has 0 spiro atoms. The van der Waals surface area contributed by atoms with Crippen LogP contribution in [0.2, 0.25) is 0 Å². The Kier molecular flexibility index (Phi) is 4.07. The van der Waals surface area contributed by atoms with Gasteiger partial charge in [0.15, 0.2) is 0 Å². The third-order valence-electron chi connectivity index (χ3n) is 1.62. The lowest BCUT2D eigenvalue weighted by molar-refractivity contribution is -0.0823. The van der Waals surface area contributed by atoms with Gasteiger partial charge in [-0.25, -0.2) is 0 Å². The molecular weight excluding hydrogens is 234 g/mol. The predicted molar refractivity (Wildman–Crippen MR) is 45.6 cm³/mol. The van der Waals surface area contributed by atoms with Gasteiger partial charge in [0.05, 0.1) is 5.60 Å². The maximum atomic E-state index is 12.4. The van der Waals surface area contributed by atoms with Gasteiger partial charge in [-0.2, -0.15) is 8.78 Å². The van der Waals surface area contributed by atoms with E-state index < -0.39 is 16.5 Å². The van der Waals surface area contributed by atoms with Crippen LogP contribution in [0.1, 0.15) is 20.3 Å². The van der Waals surface area contributed by atoms with Gasteiger partial charge in [-0.15, -0.1) is 0 Å². The van der Waals surface area contributed by atoms with E-state index in [1.165, 1.54) is 7.11 Å². The summed E-state index contributed by atoms with van der Waals surface area (Å²) in [5.41, 5.74) is -0.739. The summed E-state index contributed by atoms with van der Waals surface area (Å²) in [6.07, 6.45) is -1.85. The quantitative estimate of drug-likeness (QED) is 0.771. The van der Waals surface area contributed by atoms with Gasteiger partial charge in [0.25, 0.3) is 0 Å². The van der Waals surface area contributed by atoms with E-state index in [9.17, 15) is 8.78 Å². The van der Waals surface area contributed by atoms with Crippen molar-refractivity contribution in [2.45, 2.75) is 36.8 Å². The van der Waals surface area contributed by atoms with Crippen molar-refractivity contribution >= 4 is 15.9 Å². The van der Waals surface area contributed by atoms with Crippen molar-refractivity contribution in [1.82, 2.24) is 0 Å². The Morgan fingerprint density at radius 3 is 2.17 bits per heavy atom. The molecule has 0 aliphatic heterocycles. The van der Waals surface area contributed by atoms with Crippen LogP contribution in [0.15, 0.2) is 0 Å². The van der Waals surface area contributed by atoms with Gasteiger partial charge in [0.2, 0.25) is 0 Å². The van der Waals surface area contributed by atoms with Crippen molar-refractivity contribution in [3.63, 3.8) is 0 Å². The summed E-state index contributed by atoms with van der Waals surface area (Å²) in [6.45, 7) is 3.27. The average Bonchev–Trinajstić information content (AvgIpc) is 1.85. The zero-order valence-electron chi connectivity index (χ0n) is 7.27. The first-order valence-corrected chi connectivity index (χ1v) is 4.28. The Morgan fingerprint density at radius 2 is 1.92 bits per heavy atom. The molecule has 0 aromatic rings. The van der Waals surface area contributed by atoms with Crippen LogP contribution in [0.25, 0.3) is 0 Å². The maximum absolute atomic E-state index is 12.4. The van der Waals surface area contributed by atoms with Crippen molar-refractivity contribution in [3.05, 3.63) is 0 Å². The second-order valence-corrected chi connectivity index (χ2v) is 4.28. The van der Waals surface area contributed by atoms with Crippen LogP contribution in [-0.2, 0) is 4.74 Å². The van der Waals surface area contributed by atoms with Gasteiger partial charge in [-0.1, -0.05) is 0 Å². The van der Waals surface area contributed by atoms with Crippen molar-refractivity contribution in [3.8, 4) is 0 Å². The van der Waals surface area contributed by atoms with Crippen LogP contribution in [0.5, 0.6) is 0 Å². The molecule has 1 unspecified atom stereocenters. The smallest absolute Gasteiger partial charge is 0.326 e. The third-order valence-corrected chi connectivity index (χ3v) is 2.14. The monoisotopic (exact) mass is 246 g/mol. The molecule has 0 aromatic carbocycles. The van der Waals surface area contributed by atoms with E-state index in [4.69, 9.17) is 9.84 Å². The molecule has 0 aliphatic rings. The van der Waals surface area contributed by atoms with E-state index in [1.807, 2.05) is 0 Å². The maximum Gasteiger partial charge on any atom is 0.326 e. The molecule has 2 nitrogen and oxygen atoms in total. The minimum atomic E-state index is -3.25. The molecule has 0 amide bonds. The van der Waals surface area contributed by atoms with Gasteiger partial charge >= 0.3 is 4.83 Å². The lowest BCUT2D eigenvalue weighted by Crippen LogP contribution is -2.36. The van der Waals surface area contributed by atoms with E-state index >= 15 is 0 Å². The van der Waals surface area contributed by atoms with E-state index in [1.54, 1.807) is 13.8 Å². The number of ether oxygens (including phenoxy) is 1. The highest BCUT2D eigenvalue weighted by Gasteiger charge is 2.38. The number of methoxy groups -OCH3 is 1. The van der Waals surface area contributed by atoms with E-state index in [0.29, 0.717) is 0 Å². The Bertz CT molecular complexity index is 145. The zero-order valence-corrected chi connectivity index (χ0v) is 8.86. The minimum absolute atomic E-state index is 0.123. The van der Waals surface area contributed by atoms with Gasteiger partial charge in [0, 0.05) is 13.5 Å². The second-order valence-electron chi connectivity index (χ2n) is 3.23. The molecule has 0 saturated heterocycles. The first-order valence-electron chi connectivity index (χ1n) is 3.49. The molecule has 12 heavy (non-hydrogen) atoms. The molecule has 0 rings (SSSR count). The molecule has 0 aromatic heterocycles. The Labute approximate surface area is 79.0 Å². The number of hydrogen-bond donors (Lipinski definition) is 1. The van der Waals surface area contributed by atoms with E-state index in [0.717, 1.165) is 0 Å². The lowest BCUT2D eigenvalue weighted by Gasteiger charge is -2.27. The standard InChI is InChI=1S/C7H13BrF2O2/c1-6(2,12-3)4-5(11)7(8,9)10/h5,11H,4H2,1-3H3. The highest BCUT2D eigenvalue weighted by Crippen LogP contribution is 2.31. The summed E-state index contributed by atoms with van der Waals surface area (Å²) < 4.78 is 29.7. The molecule has 0 bridgehead atoms. The van der Waals surface area contributed by atoms with Crippen molar-refractivity contribution in [1.29, 1.82) is 0 Å². The molecule has 1 atom stereocenters. The topological polar surface area (TPSA) is 29.5 Å². The first-order chi connectivity index (χ1) is 5.19. The van der Waals surface area contributed by atoms with Crippen molar-refractivity contribution < 1.29 is 18.6 Å². The summed E-state index contributed by atoms with van der Waals surface area (Å²) in [7, 11) is 1.42. The number of rotatable bonds is 4. The molecule has 0 saturated carbocycles. The van der Waals surface area contributed by atoms with E-state index in [2.05, 4.69) is 15.9 Å². The predicted octanol–water partition coefficient (Wildman–Crippen LogP) is 2.15. The minimum Gasteiger partial charge on any atom is -0.386 e. The summed E-state index contributed by atoms with van der Waals surface area (Å²) in [5.74, 6) is 0. The molecule has 1 N–H and O–H groups in total. The highest BCUT2D eigenvalue weighted by molar-refractivity contribution is 9.10. The number of halogens is 3. The fraction of sp³-hybridized carbons (Fsp3) is 1.00. The summed E-state index contributed by atoms with van der Waals surface area (Å²) in [6, 6.07) is 0. The summed E-state index contributed by atoms with van der Waals surface area (Å²) in [5, 5.41) is 8.98. The number of aliphatic hydroxyl groups is 1. The summed E-state index contributed by atoms with van der Waals surface area (Å²) in [4.78, 5) is -3.25. The molecule has 5 heteroatoms. The fourth-order valence-electron chi connectivity index (χ4n) is 0.665. The van der Waals surface area contributed by atoms with Crippen molar-refractivity contribution in [2.24, 2.45) is 0 Å². The van der Waals surface area contributed by atoms with Crippen LogP contribution in [0, 0.1) is 0 Å². The van der Waals surface area contributed by atoms with Gasteiger partial charge in [-0.3, -0.25) is 0 Å². The average molecular weight is 247 g/mol. The fourth-order valence-corrected chi connectivity index (χ4v) is 0.827. The molecule has 0 aliphatic carbocycles. The lowest BCUT2D eigenvalue weighted by atomic mass is 10.0. The number of alkyl halides is 3. The van der Waals surface area contributed by atoms with Crippen LogP contribution >= 0.6 is 15.9 Å². The van der Waals surface area contributed by atoms with Gasteiger partial charge < -0.3 is 9.84 Å².